The molecule has 1 heterocycles. The maximum Gasteiger partial charge on any atom is 0.134 e. The minimum Gasteiger partial charge on any atom is -0.459 e. The van der Waals surface area contributed by atoms with Crippen molar-refractivity contribution in [1.29, 1.82) is 0 Å². The maximum atomic E-state index is 13.3. The van der Waals surface area contributed by atoms with Crippen molar-refractivity contribution in [2.24, 2.45) is 5.92 Å². The molecular weight excluding hydrogens is 253 g/mol. The van der Waals surface area contributed by atoms with Crippen LogP contribution in [0.5, 0.6) is 0 Å². The summed E-state index contributed by atoms with van der Waals surface area (Å²) in [6, 6.07) is 4.91. The Bertz CT molecular complexity index is 574. The summed E-state index contributed by atoms with van der Waals surface area (Å²) in [5, 5.41) is 4.20. The zero-order chi connectivity index (χ0) is 14.7. The Balaban J connectivity index is 2.23. The Morgan fingerprint density at radius 3 is 2.65 bits per heavy atom. The van der Waals surface area contributed by atoms with Gasteiger partial charge in [0.15, 0.2) is 0 Å². The van der Waals surface area contributed by atoms with Crippen molar-refractivity contribution < 1.29 is 8.81 Å². The van der Waals surface area contributed by atoms with Crippen molar-refractivity contribution in [2.75, 3.05) is 7.05 Å². The summed E-state index contributed by atoms with van der Waals surface area (Å²) in [4.78, 5) is 0. The topological polar surface area (TPSA) is 25.2 Å². The van der Waals surface area contributed by atoms with E-state index >= 15 is 0 Å². The number of aryl methyl sites for hydroxylation is 1. The summed E-state index contributed by atoms with van der Waals surface area (Å²) >= 11 is 0. The molecular formula is C17H24FNO. The van der Waals surface area contributed by atoms with Crippen LogP contribution in [0.1, 0.15) is 50.5 Å². The van der Waals surface area contributed by atoms with E-state index < -0.39 is 0 Å². The summed E-state index contributed by atoms with van der Waals surface area (Å²) in [5.41, 5.74) is 1.81. The highest BCUT2D eigenvalue weighted by atomic mass is 19.1. The second-order valence-corrected chi connectivity index (χ2v) is 5.90. The third-order valence-corrected chi connectivity index (χ3v) is 3.87. The zero-order valence-corrected chi connectivity index (χ0v) is 12.8. The van der Waals surface area contributed by atoms with Gasteiger partial charge in [0, 0.05) is 10.9 Å². The molecule has 0 fully saturated rings. The minimum atomic E-state index is -0.214. The van der Waals surface area contributed by atoms with E-state index in [1.54, 1.807) is 12.1 Å². The molecule has 0 saturated heterocycles. The molecule has 0 aliphatic heterocycles. The molecule has 0 radical (unpaired) electrons. The van der Waals surface area contributed by atoms with Gasteiger partial charge in [0.1, 0.15) is 17.2 Å². The normalized spacial score (nSPS) is 13.3. The molecule has 0 bridgehead atoms. The highest BCUT2D eigenvalue weighted by Crippen LogP contribution is 2.32. The lowest BCUT2D eigenvalue weighted by atomic mass is 9.99. The monoisotopic (exact) mass is 277 g/mol. The fourth-order valence-corrected chi connectivity index (χ4v) is 2.68. The van der Waals surface area contributed by atoms with Gasteiger partial charge in [0.05, 0.1) is 6.04 Å². The Morgan fingerprint density at radius 1 is 1.25 bits per heavy atom. The number of hydrogen-bond acceptors (Lipinski definition) is 2. The van der Waals surface area contributed by atoms with Crippen LogP contribution in [0.25, 0.3) is 11.0 Å². The Morgan fingerprint density at radius 2 is 2.00 bits per heavy atom. The number of halogens is 1. The molecule has 2 aromatic rings. The Kier molecular flexibility index (Phi) is 4.81. The van der Waals surface area contributed by atoms with E-state index in [0.717, 1.165) is 41.1 Å². The smallest absolute Gasteiger partial charge is 0.134 e. The predicted molar refractivity (Wildman–Crippen MR) is 81.4 cm³/mol. The standard InChI is InChI=1S/C17H24FNO/c1-11(2)6-5-7-15(19-4)17-12(3)14-10-13(18)8-9-16(14)20-17/h8-11,15,19H,5-7H2,1-4H3. The molecule has 1 atom stereocenters. The number of nitrogens with one attached hydrogen (secondary N) is 1. The quantitative estimate of drug-likeness (QED) is 0.806. The molecule has 0 saturated carbocycles. The largest absolute Gasteiger partial charge is 0.459 e. The van der Waals surface area contributed by atoms with Crippen molar-refractivity contribution in [3.63, 3.8) is 0 Å². The third-order valence-electron chi connectivity index (χ3n) is 3.87. The zero-order valence-electron chi connectivity index (χ0n) is 12.8. The Labute approximate surface area is 120 Å². The van der Waals surface area contributed by atoms with Crippen LogP contribution < -0.4 is 5.32 Å². The van der Waals surface area contributed by atoms with Gasteiger partial charge in [-0.3, -0.25) is 0 Å². The van der Waals surface area contributed by atoms with Crippen molar-refractivity contribution in [1.82, 2.24) is 5.32 Å². The number of furan rings is 1. The van der Waals surface area contributed by atoms with E-state index in [9.17, 15) is 4.39 Å². The van der Waals surface area contributed by atoms with Crippen molar-refractivity contribution in [3.8, 4) is 0 Å². The van der Waals surface area contributed by atoms with Crippen molar-refractivity contribution in [2.45, 2.75) is 46.1 Å². The first-order valence-electron chi connectivity index (χ1n) is 7.38. The van der Waals surface area contributed by atoms with E-state index in [-0.39, 0.29) is 11.9 Å². The second kappa shape index (κ2) is 6.40. The Hall–Kier alpha value is -1.35. The van der Waals surface area contributed by atoms with Crippen LogP contribution >= 0.6 is 0 Å². The van der Waals surface area contributed by atoms with Crippen LogP contribution in [0, 0.1) is 18.7 Å². The third kappa shape index (κ3) is 3.21. The fraction of sp³-hybridized carbons (Fsp3) is 0.529. The predicted octanol–water partition coefficient (Wildman–Crippen LogP) is 4.97. The van der Waals surface area contributed by atoms with Crippen molar-refractivity contribution >= 4 is 11.0 Å². The maximum absolute atomic E-state index is 13.3. The van der Waals surface area contributed by atoms with Crippen LogP contribution in [0.15, 0.2) is 22.6 Å². The van der Waals surface area contributed by atoms with Crippen LogP contribution in [0.3, 0.4) is 0 Å². The summed E-state index contributed by atoms with van der Waals surface area (Å²) in [6.07, 6.45) is 3.41. The van der Waals surface area contributed by atoms with Crippen LogP contribution in [-0.4, -0.2) is 7.05 Å². The molecule has 1 aromatic heterocycles. The number of hydrogen-bond donors (Lipinski definition) is 1. The van der Waals surface area contributed by atoms with Gasteiger partial charge in [0.2, 0.25) is 0 Å². The lowest BCUT2D eigenvalue weighted by Gasteiger charge is -2.15. The molecule has 1 aromatic carbocycles. The second-order valence-electron chi connectivity index (χ2n) is 5.90. The van der Waals surface area contributed by atoms with Gasteiger partial charge in [-0.25, -0.2) is 4.39 Å². The van der Waals surface area contributed by atoms with E-state index in [4.69, 9.17) is 4.42 Å². The lowest BCUT2D eigenvalue weighted by Crippen LogP contribution is -2.16. The summed E-state index contributed by atoms with van der Waals surface area (Å²) in [5.74, 6) is 1.45. The molecule has 0 aliphatic rings. The summed E-state index contributed by atoms with van der Waals surface area (Å²) in [6.45, 7) is 6.49. The average Bonchev–Trinajstić information content (AvgIpc) is 2.72. The molecule has 110 valence electrons. The SMILES string of the molecule is CNC(CCCC(C)C)c1oc2ccc(F)cc2c1C. The van der Waals surface area contributed by atoms with Gasteiger partial charge >= 0.3 is 0 Å². The summed E-state index contributed by atoms with van der Waals surface area (Å²) in [7, 11) is 1.95. The minimum absolute atomic E-state index is 0.198. The molecule has 1 unspecified atom stereocenters. The lowest BCUT2D eigenvalue weighted by molar-refractivity contribution is 0.404. The summed E-state index contributed by atoms with van der Waals surface area (Å²) < 4.78 is 19.3. The van der Waals surface area contributed by atoms with Gasteiger partial charge in [0.25, 0.3) is 0 Å². The number of fused-ring (bicyclic) bond motifs is 1. The van der Waals surface area contributed by atoms with Crippen LogP contribution in [-0.2, 0) is 0 Å². The molecule has 0 amide bonds. The molecule has 20 heavy (non-hydrogen) atoms. The van der Waals surface area contributed by atoms with E-state index in [1.165, 1.54) is 12.5 Å². The van der Waals surface area contributed by atoms with Gasteiger partial charge < -0.3 is 9.73 Å². The molecule has 2 nitrogen and oxygen atoms in total. The van der Waals surface area contributed by atoms with E-state index in [0.29, 0.717) is 0 Å². The molecule has 2 rings (SSSR count). The fourth-order valence-electron chi connectivity index (χ4n) is 2.68. The molecule has 0 aliphatic carbocycles. The number of rotatable bonds is 6. The first-order chi connectivity index (χ1) is 9.52. The molecule has 1 N–H and O–H groups in total. The van der Waals surface area contributed by atoms with Gasteiger partial charge in [-0.15, -0.1) is 0 Å². The highest BCUT2D eigenvalue weighted by Gasteiger charge is 2.19. The van der Waals surface area contributed by atoms with Crippen LogP contribution in [0.4, 0.5) is 4.39 Å². The van der Waals surface area contributed by atoms with Crippen LogP contribution in [0.2, 0.25) is 0 Å². The first-order valence-corrected chi connectivity index (χ1v) is 7.38. The van der Waals surface area contributed by atoms with E-state index in [2.05, 4.69) is 19.2 Å². The number of benzene rings is 1. The molecule has 0 spiro atoms. The van der Waals surface area contributed by atoms with Crippen molar-refractivity contribution in [3.05, 3.63) is 35.3 Å². The van der Waals surface area contributed by atoms with Gasteiger partial charge in [-0.05, 0) is 44.5 Å². The van der Waals surface area contributed by atoms with Gasteiger partial charge in [-0.2, -0.15) is 0 Å². The molecule has 3 heteroatoms. The highest BCUT2D eigenvalue weighted by molar-refractivity contribution is 5.82. The van der Waals surface area contributed by atoms with Gasteiger partial charge in [-0.1, -0.05) is 26.7 Å². The van der Waals surface area contributed by atoms with E-state index in [1.807, 2.05) is 14.0 Å². The first kappa shape index (κ1) is 15.0. The average molecular weight is 277 g/mol.